The highest BCUT2D eigenvalue weighted by Crippen LogP contribution is 2.32. The van der Waals surface area contributed by atoms with Crippen molar-refractivity contribution in [3.8, 4) is 0 Å². The predicted octanol–water partition coefficient (Wildman–Crippen LogP) is 2.28. The summed E-state index contributed by atoms with van der Waals surface area (Å²) in [4.78, 5) is 13.6. The molecule has 0 aromatic heterocycles. The van der Waals surface area contributed by atoms with Gasteiger partial charge in [-0.1, -0.05) is 6.07 Å². The lowest BCUT2D eigenvalue weighted by Crippen LogP contribution is -2.52. The standard InChI is InChI=1S/C13H14F4N2O/c1-8-7-18-5-6-19(8)12(20)9-3-2-4-10(11(9)14)13(15,16)17/h2-4,8,18H,5-7H2,1H3. The quantitative estimate of drug-likeness (QED) is 0.805. The number of nitrogens with one attached hydrogen (secondary N) is 1. The largest absolute Gasteiger partial charge is 0.419 e. The van der Waals surface area contributed by atoms with E-state index >= 15 is 0 Å². The first-order valence-corrected chi connectivity index (χ1v) is 6.19. The average molecular weight is 290 g/mol. The molecule has 0 bridgehead atoms. The first kappa shape index (κ1) is 14.8. The number of piperazine rings is 1. The third kappa shape index (κ3) is 2.77. The van der Waals surface area contributed by atoms with Crippen molar-refractivity contribution in [2.45, 2.75) is 19.1 Å². The van der Waals surface area contributed by atoms with Crippen molar-refractivity contribution < 1.29 is 22.4 Å². The minimum atomic E-state index is -4.81. The summed E-state index contributed by atoms with van der Waals surface area (Å²) in [6.45, 7) is 3.17. The molecule has 7 heteroatoms. The molecule has 1 aliphatic rings. The summed E-state index contributed by atoms with van der Waals surface area (Å²) in [6.07, 6.45) is -4.81. The molecule has 1 aromatic carbocycles. The van der Waals surface area contributed by atoms with Crippen LogP contribution in [0, 0.1) is 5.82 Å². The van der Waals surface area contributed by atoms with Gasteiger partial charge < -0.3 is 10.2 Å². The van der Waals surface area contributed by atoms with E-state index in [1.807, 2.05) is 0 Å². The second-order valence-corrected chi connectivity index (χ2v) is 4.72. The highest BCUT2D eigenvalue weighted by Gasteiger charge is 2.36. The number of halogens is 4. The van der Waals surface area contributed by atoms with Gasteiger partial charge in [0.2, 0.25) is 0 Å². The predicted molar refractivity (Wildman–Crippen MR) is 64.8 cm³/mol. The summed E-state index contributed by atoms with van der Waals surface area (Å²) in [5.74, 6) is -2.21. The normalized spacial score (nSPS) is 20.1. The van der Waals surface area contributed by atoms with Crippen LogP contribution in [0.2, 0.25) is 0 Å². The summed E-state index contributed by atoms with van der Waals surface area (Å²) in [5.41, 5.74) is -1.94. The Labute approximate surface area is 113 Å². The van der Waals surface area contributed by atoms with Crippen molar-refractivity contribution in [1.82, 2.24) is 10.2 Å². The molecule has 1 saturated heterocycles. The molecule has 1 heterocycles. The van der Waals surface area contributed by atoms with Gasteiger partial charge >= 0.3 is 6.18 Å². The summed E-state index contributed by atoms with van der Waals surface area (Å²) in [7, 11) is 0. The van der Waals surface area contributed by atoms with Crippen molar-refractivity contribution in [2.75, 3.05) is 19.6 Å². The molecule has 0 radical (unpaired) electrons. The molecule has 1 N–H and O–H groups in total. The lowest BCUT2D eigenvalue weighted by Gasteiger charge is -2.34. The van der Waals surface area contributed by atoms with E-state index in [2.05, 4.69) is 5.32 Å². The first-order valence-electron chi connectivity index (χ1n) is 6.19. The molecule has 1 amide bonds. The Bertz CT molecular complexity index is 516. The van der Waals surface area contributed by atoms with Gasteiger partial charge in [-0.05, 0) is 19.1 Å². The molecule has 0 aliphatic carbocycles. The van der Waals surface area contributed by atoms with Crippen molar-refractivity contribution in [3.05, 3.63) is 35.1 Å². The number of benzene rings is 1. The van der Waals surface area contributed by atoms with Crippen LogP contribution in [-0.2, 0) is 6.18 Å². The average Bonchev–Trinajstić information content (AvgIpc) is 2.37. The highest BCUT2D eigenvalue weighted by molar-refractivity contribution is 5.95. The molecule has 1 aromatic rings. The van der Waals surface area contributed by atoms with Gasteiger partial charge in [-0.2, -0.15) is 13.2 Å². The zero-order valence-electron chi connectivity index (χ0n) is 10.8. The molecule has 1 unspecified atom stereocenters. The summed E-state index contributed by atoms with van der Waals surface area (Å²) < 4.78 is 51.8. The lowest BCUT2D eigenvalue weighted by molar-refractivity contribution is -0.140. The van der Waals surface area contributed by atoms with Crippen molar-refractivity contribution in [3.63, 3.8) is 0 Å². The maximum absolute atomic E-state index is 13.9. The number of nitrogens with zero attached hydrogens (tertiary/aromatic N) is 1. The lowest BCUT2D eigenvalue weighted by atomic mass is 10.1. The molecular formula is C13H14F4N2O. The third-order valence-electron chi connectivity index (χ3n) is 3.30. The van der Waals surface area contributed by atoms with Crippen LogP contribution in [0.4, 0.5) is 17.6 Å². The Kier molecular flexibility index (Phi) is 3.99. The van der Waals surface area contributed by atoms with Crippen LogP contribution >= 0.6 is 0 Å². The first-order chi connectivity index (χ1) is 9.32. The fourth-order valence-electron chi connectivity index (χ4n) is 2.21. The number of rotatable bonds is 1. The van der Waals surface area contributed by atoms with E-state index in [9.17, 15) is 22.4 Å². The molecule has 1 aliphatic heterocycles. The van der Waals surface area contributed by atoms with Gasteiger partial charge in [-0.15, -0.1) is 0 Å². The smallest absolute Gasteiger partial charge is 0.333 e. The summed E-state index contributed by atoms with van der Waals surface area (Å²) in [5, 5.41) is 3.05. The molecular weight excluding hydrogens is 276 g/mol. The van der Waals surface area contributed by atoms with E-state index in [1.54, 1.807) is 6.92 Å². The molecule has 2 rings (SSSR count). The van der Waals surface area contributed by atoms with Gasteiger partial charge in [-0.25, -0.2) is 4.39 Å². The summed E-state index contributed by atoms with van der Waals surface area (Å²) in [6, 6.07) is 2.58. The maximum Gasteiger partial charge on any atom is 0.419 e. The number of amides is 1. The van der Waals surface area contributed by atoms with Crippen LogP contribution in [0.5, 0.6) is 0 Å². The molecule has 1 fully saturated rings. The number of carbonyl (C=O) groups excluding carboxylic acids is 1. The number of alkyl halides is 3. The van der Waals surface area contributed by atoms with Crippen LogP contribution in [0.3, 0.4) is 0 Å². The fourth-order valence-corrected chi connectivity index (χ4v) is 2.21. The summed E-state index contributed by atoms with van der Waals surface area (Å²) >= 11 is 0. The minimum Gasteiger partial charge on any atom is -0.333 e. The van der Waals surface area contributed by atoms with Gasteiger partial charge in [0.05, 0.1) is 11.1 Å². The Balaban J connectivity index is 2.35. The van der Waals surface area contributed by atoms with Crippen LogP contribution in [0.1, 0.15) is 22.8 Å². The van der Waals surface area contributed by atoms with Crippen molar-refractivity contribution in [1.29, 1.82) is 0 Å². The topological polar surface area (TPSA) is 32.3 Å². The number of hydrogen-bond acceptors (Lipinski definition) is 2. The van der Waals surface area contributed by atoms with E-state index in [-0.39, 0.29) is 6.04 Å². The zero-order chi connectivity index (χ0) is 14.9. The van der Waals surface area contributed by atoms with E-state index < -0.39 is 29.0 Å². The molecule has 3 nitrogen and oxygen atoms in total. The minimum absolute atomic E-state index is 0.190. The van der Waals surface area contributed by atoms with Gasteiger partial charge in [0.1, 0.15) is 5.82 Å². The number of carbonyl (C=O) groups is 1. The molecule has 20 heavy (non-hydrogen) atoms. The van der Waals surface area contributed by atoms with Crippen molar-refractivity contribution >= 4 is 5.91 Å². The van der Waals surface area contributed by atoms with Crippen LogP contribution in [0.25, 0.3) is 0 Å². The van der Waals surface area contributed by atoms with Gasteiger partial charge in [-0.3, -0.25) is 4.79 Å². The van der Waals surface area contributed by atoms with E-state index in [0.717, 1.165) is 12.1 Å². The Morgan fingerprint density at radius 2 is 2.10 bits per heavy atom. The van der Waals surface area contributed by atoms with Gasteiger partial charge in [0.25, 0.3) is 5.91 Å². The highest BCUT2D eigenvalue weighted by atomic mass is 19.4. The fraction of sp³-hybridized carbons (Fsp3) is 0.462. The third-order valence-corrected chi connectivity index (χ3v) is 3.30. The number of hydrogen-bond donors (Lipinski definition) is 1. The van der Waals surface area contributed by atoms with Gasteiger partial charge in [0, 0.05) is 25.7 Å². The molecule has 1 atom stereocenters. The SMILES string of the molecule is CC1CNCCN1C(=O)c1cccc(C(F)(F)F)c1F. The van der Waals surface area contributed by atoms with E-state index in [4.69, 9.17) is 0 Å². The van der Waals surface area contributed by atoms with Crippen molar-refractivity contribution in [2.24, 2.45) is 0 Å². The Morgan fingerprint density at radius 1 is 1.40 bits per heavy atom. The van der Waals surface area contributed by atoms with Crippen LogP contribution in [0.15, 0.2) is 18.2 Å². The van der Waals surface area contributed by atoms with Gasteiger partial charge in [0.15, 0.2) is 0 Å². The van der Waals surface area contributed by atoms with E-state index in [1.165, 1.54) is 4.90 Å². The zero-order valence-corrected chi connectivity index (χ0v) is 10.8. The maximum atomic E-state index is 13.9. The molecule has 0 spiro atoms. The van der Waals surface area contributed by atoms with Crippen LogP contribution < -0.4 is 5.32 Å². The molecule has 110 valence electrons. The van der Waals surface area contributed by atoms with E-state index in [0.29, 0.717) is 25.7 Å². The monoisotopic (exact) mass is 290 g/mol. The molecule has 0 saturated carbocycles. The Hall–Kier alpha value is -1.63. The second kappa shape index (κ2) is 5.40. The van der Waals surface area contributed by atoms with Crippen LogP contribution in [-0.4, -0.2) is 36.5 Å². The second-order valence-electron chi connectivity index (χ2n) is 4.72. The Morgan fingerprint density at radius 3 is 2.70 bits per heavy atom.